The van der Waals surface area contributed by atoms with Crippen LogP contribution in [0.3, 0.4) is 0 Å². The third-order valence-corrected chi connectivity index (χ3v) is 3.73. The number of nitrogens with one attached hydrogen (secondary N) is 2. The van der Waals surface area contributed by atoms with E-state index in [4.69, 9.17) is 4.74 Å². The molecule has 2 rings (SSSR count). The van der Waals surface area contributed by atoms with Crippen LogP contribution in [0.2, 0.25) is 0 Å². The summed E-state index contributed by atoms with van der Waals surface area (Å²) in [7, 11) is 0. The standard InChI is InChI=1S/C21H20FN3O3/c1-2-28-21(27)18-8-3-4-9-19(18)25-20(26)16(13-23)14-24-11-10-15-6-5-7-17(22)12-15/h3-9,12,14,24H,2,10-11H2,1H3,(H,25,26)/b16-14-. The number of carbonyl (C=O) groups excluding carboxylic acids is 2. The Morgan fingerprint density at radius 1 is 1.21 bits per heavy atom. The van der Waals surface area contributed by atoms with E-state index in [1.807, 2.05) is 6.07 Å². The molecule has 2 N–H and O–H groups in total. The first-order valence-corrected chi connectivity index (χ1v) is 8.70. The molecule has 0 aromatic heterocycles. The van der Waals surface area contributed by atoms with Gasteiger partial charge in [-0.15, -0.1) is 0 Å². The first-order chi connectivity index (χ1) is 13.5. The number of para-hydroxylation sites is 1. The molecule has 0 radical (unpaired) electrons. The lowest BCUT2D eigenvalue weighted by Gasteiger charge is -2.10. The predicted molar refractivity (Wildman–Crippen MR) is 103 cm³/mol. The van der Waals surface area contributed by atoms with Gasteiger partial charge >= 0.3 is 5.97 Å². The molecular weight excluding hydrogens is 361 g/mol. The molecule has 0 unspecified atom stereocenters. The number of anilines is 1. The summed E-state index contributed by atoms with van der Waals surface area (Å²) in [6.07, 6.45) is 1.82. The summed E-state index contributed by atoms with van der Waals surface area (Å²) >= 11 is 0. The number of ether oxygens (including phenoxy) is 1. The van der Waals surface area contributed by atoms with Crippen LogP contribution in [0.4, 0.5) is 10.1 Å². The van der Waals surface area contributed by atoms with Crippen LogP contribution in [0.1, 0.15) is 22.8 Å². The molecule has 0 aliphatic heterocycles. The van der Waals surface area contributed by atoms with Gasteiger partial charge in [-0.3, -0.25) is 4.79 Å². The van der Waals surface area contributed by atoms with Gasteiger partial charge in [0.15, 0.2) is 0 Å². The normalized spacial score (nSPS) is 10.7. The molecule has 0 saturated carbocycles. The second kappa shape index (κ2) is 10.5. The molecule has 0 fully saturated rings. The third kappa shape index (κ3) is 5.95. The van der Waals surface area contributed by atoms with Gasteiger partial charge in [0.05, 0.1) is 17.9 Å². The number of hydrogen-bond acceptors (Lipinski definition) is 5. The third-order valence-electron chi connectivity index (χ3n) is 3.73. The number of rotatable bonds is 8. The van der Waals surface area contributed by atoms with Crippen LogP contribution in [0.15, 0.2) is 60.3 Å². The lowest BCUT2D eigenvalue weighted by atomic mass is 10.1. The summed E-state index contributed by atoms with van der Waals surface area (Å²) in [5.74, 6) is -1.53. The first-order valence-electron chi connectivity index (χ1n) is 8.70. The van der Waals surface area contributed by atoms with Gasteiger partial charge in [-0.05, 0) is 43.2 Å². The molecule has 0 spiro atoms. The summed E-state index contributed by atoms with van der Waals surface area (Å²) in [6, 6.07) is 14.4. The van der Waals surface area contributed by atoms with Crippen molar-refractivity contribution in [1.29, 1.82) is 5.26 Å². The minimum absolute atomic E-state index is 0.155. The number of carbonyl (C=O) groups is 2. The van der Waals surface area contributed by atoms with Gasteiger partial charge in [-0.25, -0.2) is 9.18 Å². The molecule has 0 bridgehead atoms. The number of esters is 1. The topological polar surface area (TPSA) is 91.2 Å². The highest BCUT2D eigenvalue weighted by atomic mass is 19.1. The van der Waals surface area contributed by atoms with E-state index in [0.717, 1.165) is 5.56 Å². The van der Waals surface area contributed by atoms with E-state index in [-0.39, 0.29) is 29.2 Å². The van der Waals surface area contributed by atoms with E-state index in [2.05, 4.69) is 10.6 Å². The summed E-state index contributed by atoms with van der Waals surface area (Å²) in [5.41, 5.74) is 1.10. The number of halogens is 1. The van der Waals surface area contributed by atoms with Crippen LogP contribution in [-0.2, 0) is 16.0 Å². The first kappa shape index (κ1) is 20.6. The Kier molecular flexibility index (Phi) is 7.73. The van der Waals surface area contributed by atoms with Crippen molar-refractivity contribution in [2.24, 2.45) is 0 Å². The van der Waals surface area contributed by atoms with Crippen LogP contribution in [0.5, 0.6) is 0 Å². The molecule has 0 atom stereocenters. The van der Waals surface area contributed by atoms with Crippen LogP contribution in [-0.4, -0.2) is 25.0 Å². The molecule has 28 heavy (non-hydrogen) atoms. The van der Waals surface area contributed by atoms with Crippen molar-refractivity contribution in [2.45, 2.75) is 13.3 Å². The Morgan fingerprint density at radius 3 is 2.71 bits per heavy atom. The Labute approximate surface area is 162 Å². The zero-order valence-electron chi connectivity index (χ0n) is 15.4. The van der Waals surface area contributed by atoms with Crippen LogP contribution in [0, 0.1) is 17.1 Å². The van der Waals surface area contributed by atoms with Crippen molar-refractivity contribution >= 4 is 17.6 Å². The van der Waals surface area contributed by atoms with E-state index in [1.54, 1.807) is 37.3 Å². The minimum atomic E-state index is -0.655. The maximum Gasteiger partial charge on any atom is 0.340 e. The number of nitriles is 1. The fourth-order valence-corrected chi connectivity index (χ4v) is 2.40. The van der Waals surface area contributed by atoms with Gasteiger partial charge < -0.3 is 15.4 Å². The smallest absolute Gasteiger partial charge is 0.340 e. The van der Waals surface area contributed by atoms with Gasteiger partial charge in [0.2, 0.25) is 0 Å². The number of nitrogens with zero attached hydrogens (tertiary/aromatic N) is 1. The van der Waals surface area contributed by atoms with Crippen LogP contribution < -0.4 is 10.6 Å². The Bertz CT molecular complexity index is 919. The molecule has 0 saturated heterocycles. The van der Waals surface area contributed by atoms with Gasteiger partial charge in [0, 0.05) is 12.7 Å². The molecule has 0 heterocycles. The van der Waals surface area contributed by atoms with Crippen molar-refractivity contribution in [1.82, 2.24) is 5.32 Å². The zero-order valence-corrected chi connectivity index (χ0v) is 15.4. The monoisotopic (exact) mass is 381 g/mol. The molecule has 6 nitrogen and oxygen atoms in total. The van der Waals surface area contributed by atoms with Crippen molar-refractivity contribution in [3.63, 3.8) is 0 Å². The van der Waals surface area contributed by atoms with Crippen molar-refractivity contribution in [3.8, 4) is 6.07 Å². The number of amides is 1. The molecule has 0 aliphatic carbocycles. The van der Waals surface area contributed by atoms with E-state index in [0.29, 0.717) is 13.0 Å². The highest BCUT2D eigenvalue weighted by Crippen LogP contribution is 2.17. The Hall–Kier alpha value is -3.66. The molecule has 7 heteroatoms. The zero-order chi connectivity index (χ0) is 20.4. The summed E-state index contributed by atoms with van der Waals surface area (Å²) in [4.78, 5) is 24.3. The summed E-state index contributed by atoms with van der Waals surface area (Å²) in [5, 5.41) is 14.6. The maximum absolute atomic E-state index is 13.1. The Morgan fingerprint density at radius 2 is 2.00 bits per heavy atom. The lowest BCUT2D eigenvalue weighted by molar-refractivity contribution is -0.112. The second-order valence-corrected chi connectivity index (χ2v) is 5.72. The van der Waals surface area contributed by atoms with Gasteiger partial charge in [-0.2, -0.15) is 5.26 Å². The molecular formula is C21H20FN3O3. The summed E-state index contributed by atoms with van der Waals surface area (Å²) < 4.78 is 18.1. The highest BCUT2D eigenvalue weighted by molar-refractivity contribution is 6.09. The fraction of sp³-hybridized carbons (Fsp3) is 0.190. The summed E-state index contributed by atoms with van der Waals surface area (Å²) in [6.45, 7) is 2.31. The molecule has 144 valence electrons. The van der Waals surface area contributed by atoms with E-state index in [9.17, 15) is 19.2 Å². The van der Waals surface area contributed by atoms with Gasteiger partial charge in [0.1, 0.15) is 17.5 Å². The van der Waals surface area contributed by atoms with Crippen LogP contribution in [0.25, 0.3) is 0 Å². The average Bonchev–Trinajstić information content (AvgIpc) is 2.68. The van der Waals surface area contributed by atoms with Crippen molar-refractivity contribution in [3.05, 3.63) is 77.2 Å². The highest BCUT2D eigenvalue weighted by Gasteiger charge is 2.16. The quantitative estimate of drug-likeness (QED) is 0.317. The second-order valence-electron chi connectivity index (χ2n) is 5.72. The molecule has 2 aromatic carbocycles. The fourth-order valence-electron chi connectivity index (χ4n) is 2.40. The largest absolute Gasteiger partial charge is 0.462 e. The average molecular weight is 381 g/mol. The van der Waals surface area contributed by atoms with Gasteiger partial charge in [0.25, 0.3) is 5.91 Å². The maximum atomic E-state index is 13.1. The SMILES string of the molecule is CCOC(=O)c1ccccc1NC(=O)/C(C#N)=C\NCCc1cccc(F)c1. The Balaban J connectivity index is 1.99. The van der Waals surface area contributed by atoms with E-state index >= 15 is 0 Å². The van der Waals surface area contributed by atoms with Crippen LogP contribution >= 0.6 is 0 Å². The molecule has 0 aliphatic rings. The lowest BCUT2D eigenvalue weighted by Crippen LogP contribution is -2.19. The minimum Gasteiger partial charge on any atom is -0.462 e. The number of hydrogen-bond donors (Lipinski definition) is 2. The molecule has 2 aromatic rings. The van der Waals surface area contributed by atoms with Gasteiger partial charge in [-0.1, -0.05) is 24.3 Å². The van der Waals surface area contributed by atoms with E-state index < -0.39 is 11.9 Å². The molecule has 1 amide bonds. The van der Waals surface area contributed by atoms with E-state index in [1.165, 1.54) is 24.4 Å². The number of benzene rings is 2. The predicted octanol–water partition coefficient (Wildman–Crippen LogP) is 3.18. The van der Waals surface area contributed by atoms with Crippen molar-refractivity contribution < 1.29 is 18.7 Å². The van der Waals surface area contributed by atoms with Crippen molar-refractivity contribution in [2.75, 3.05) is 18.5 Å².